The number of aromatic nitrogens is 6. The van der Waals surface area contributed by atoms with Gasteiger partial charge < -0.3 is 18.4 Å². The number of nitrogens with zero attached hydrogens (tertiary/aromatic N) is 7. The fourth-order valence-corrected chi connectivity index (χ4v) is 13.5. The number of rotatable bonds is 2. The van der Waals surface area contributed by atoms with Crippen molar-refractivity contribution in [3.8, 4) is 39.3 Å². The average molecular weight is 865 g/mol. The van der Waals surface area contributed by atoms with E-state index in [0.29, 0.717) is 0 Å². The Kier molecular flexibility index (Phi) is 6.38. The minimum absolute atomic E-state index is 0.0505. The van der Waals surface area contributed by atoms with Gasteiger partial charge in [0.2, 0.25) is 11.2 Å². The van der Waals surface area contributed by atoms with Crippen LogP contribution in [0.4, 0.5) is 11.4 Å². The third-order valence-corrected chi connectivity index (χ3v) is 15.9. The molecule has 0 amide bonds. The smallest absolute Gasteiger partial charge is 0.333 e. The van der Waals surface area contributed by atoms with Crippen LogP contribution in [-0.4, -0.2) is 37.3 Å². The highest BCUT2D eigenvalue weighted by molar-refractivity contribution is 6.93. The highest BCUT2D eigenvalue weighted by Gasteiger charge is 2.47. The Morgan fingerprint density at radius 3 is 2.18 bits per heavy atom. The molecule has 0 aliphatic carbocycles. The van der Waals surface area contributed by atoms with Gasteiger partial charge in [-0.2, -0.15) is 4.57 Å². The number of pyridine rings is 3. The Hall–Kier alpha value is -8.68. The van der Waals surface area contributed by atoms with Crippen molar-refractivity contribution in [2.24, 2.45) is 0 Å². The van der Waals surface area contributed by atoms with Crippen molar-refractivity contribution in [3.05, 3.63) is 194 Å². The lowest BCUT2D eigenvalue weighted by molar-refractivity contribution is -0.566. The van der Waals surface area contributed by atoms with Gasteiger partial charge in [0.05, 0.1) is 45.0 Å². The van der Waals surface area contributed by atoms with Gasteiger partial charge in [-0.15, -0.1) is 0 Å². The molecule has 4 aliphatic rings. The zero-order valence-electron chi connectivity index (χ0n) is 37.1. The molecular formula is C59H36B2N7+. The molecule has 7 aromatic carbocycles. The molecule has 17 rings (SSSR count). The van der Waals surface area contributed by atoms with Crippen molar-refractivity contribution < 1.29 is 4.57 Å². The van der Waals surface area contributed by atoms with Crippen LogP contribution in [0.25, 0.3) is 105 Å². The van der Waals surface area contributed by atoms with Gasteiger partial charge in [-0.1, -0.05) is 96.6 Å². The van der Waals surface area contributed by atoms with E-state index in [2.05, 4.69) is 213 Å². The van der Waals surface area contributed by atoms with Gasteiger partial charge in [-0.05, 0) is 95.4 Å². The maximum absolute atomic E-state index is 5.20. The predicted molar refractivity (Wildman–Crippen MR) is 280 cm³/mol. The SMILES string of the molecule is Cc1cc(C)c2c(c1)c1nccc3c1n2-c1cc(-[n+]2ccc4c5c2c2ccccc2n5-c2cncc5c2B4n2c4ccccc4c4cccc-5c42)cc2c1B3N(c1ccccc1)c1ccccc1-2. The standard InChI is InChI=1S/C59H36B2N7/c1-33-27-34(2)55-43(28-33)54-58-45(23-25-63-54)60-52-42(38-16-7-10-21-48(38)67(60)35-13-4-3-5-14-35)29-36(30-50(52)66(55)58)64-26-24-46-59-57(64)41-17-8-9-20-47(41)65(59)51-32-62-31-44-40-19-12-18-39-37-15-6-11-22-49(37)68(56(39)40)61(46)53(44)51/h3-32H,1-2H3/q+1. The predicted octanol–water partition coefficient (Wildman–Crippen LogP) is 9.86. The monoisotopic (exact) mass is 864 g/mol. The molecular weight excluding hydrogens is 828 g/mol. The number of hydrogen-bond acceptors (Lipinski definition) is 3. The third kappa shape index (κ3) is 4.07. The van der Waals surface area contributed by atoms with Gasteiger partial charge in [0.1, 0.15) is 5.52 Å². The maximum atomic E-state index is 5.20. The summed E-state index contributed by atoms with van der Waals surface area (Å²) in [7, 11) is 0. The molecule has 13 aromatic rings. The Labute approximate surface area is 390 Å². The molecule has 10 heterocycles. The fraction of sp³-hybridized carbons (Fsp3) is 0.0339. The van der Waals surface area contributed by atoms with Gasteiger partial charge in [0, 0.05) is 85.8 Å². The third-order valence-electron chi connectivity index (χ3n) is 15.9. The van der Waals surface area contributed by atoms with E-state index in [1.807, 2.05) is 6.20 Å². The first-order valence-electron chi connectivity index (χ1n) is 23.6. The second-order valence-corrected chi connectivity index (χ2v) is 19.3. The molecule has 68 heavy (non-hydrogen) atoms. The van der Waals surface area contributed by atoms with E-state index in [9.17, 15) is 0 Å². The molecule has 0 spiro atoms. The lowest BCUT2D eigenvalue weighted by Crippen LogP contribution is -2.61. The summed E-state index contributed by atoms with van der Waals surface area (Å²) in [4.78, 5) is 12.8. The molecule has 0 unspecified atom stereocenters. The average Bonchev–Trinajstić information content (AvgIpc) is 4.03. The molecule has 9 heteroatoms. The summed E-state index contributed by atoms with van der Waals surface area (Å²) < 4.78 is 10.2. The molecule has 0 atom stereocenters. The molecule has 0 saturated heterocycles. The number of para-hydroxylation sites is 5. The topological polar surface area (TPSA) is 47.7 Å². The van der Waals surface area contributed by atoms with Crippen molar-refractivity contribution in [2.75, 3.05) is 4.81 Å². The van der Waals surface area contributed by atoms with E-state index in [1.54, 1.807) is 0 Å². The Morgan fingerprint density at radius 1 is 0.500 bits per heavy atom. The van der Waals surface area contributed by atoms with Crippen LogP contribution in [-0.2, 0) is 0 Å². The minimum Gasteiger partial charge on any atom is -0.376 e. The van der Waals surface area contributed by atoms with Crippen LogP contribution in [0, 0.1) is 13.8 Å². The number of fused-ring (bicyclic) bond motifs is 17. The summed E-state index contributed by atoms with van der Waals surface area (Å²) in [6, 6.07) is 58.9. The van der Waals surface area contributed by atoms with Crippen LogP contribution in [0.2, 0.25) is 0 Å². The van der Waals surface area contributed by atoms with E-state index in [4.69, 9.17) is 9.97 Å². The Bertz CT molecular complexity index is 4500. The van der Waals surface area contributed by atoms with Gasteiger partial charge in [0.25, 0.3) is 0 Å². The number of aryl methyl sites for hydroxylation is 2. The minimum atomic E-state index is -0.0874. The van der Waals surface area contributed by atoms with E-state index in [1.165, 1.54) is 127 Å². The van der Waals surface area contributed by atoms with Crippen molar-refractivity contribution in [3.63, 3.8) is 0 Å². The molecule has 7 nitrogen and oxygen atoms in total. The quantitative estimate of drug-likeness (QED) is 0.129. The Morgan fingerprint density at radius 2 is 1.26 bits per heavy atom. The maximum Gasteiger partial charge on any atom is 0.333 e. The second-order valence-electron chi connectivity index (χ2n) is 19.3. The molecule has 0 bridgehead atoms. The first kappa shape index (κ1) is 35.6. The van der Waals surface area contributed by atoms with Crippen LogP contribution in [0.1, 0.15) is 11.1 Å². The van der Waals surface area contributed by atoms with Crippen LogP contribution in [0.5, 0.6) is 0 Å². The molecule has 0 N–H and O–H groups in total. The summed E-state index contributed by atoms with van der Waals surface area (Å²) >= 11 is 0. The lowest BCUT2D eigenvalue weighted by atomic mass is 9.44. The van der Waals surface area contributed by atoms with E-state index < -0.39 is 0 Å². The van der Waals surface area contributed by atoms with Crippen LogP contribution in [0.3, 0.4) is 0 Å². The van der Waals surface area contributed by atoms with Crippen LogP contribution >= 0.6 is 0 Å². The van der Waals surface area contributed by atoms with Crippen molar-refractivity contribution in [1.29, 1.82) is 0 Å². The van der Waals surface area contributed by atoms with Gasteiger partial charge in [-0.3, -0.25) is 9.97 Å². The summed E-state index contributed by atoms with van der Waals surface area (Å²) in [5.74, 6) is 0. The first-order valence-corrected chi connectivity index (χ1v) is 23.6. The van der Waals surface area contributed by atoms with Gasteiger partial charge >= 0.3 is 13.7 Å². The number of benzene rings is 7. The number of hydrogen-bond donors (Lipinski definition) is 0. The largest absolute Gasteiger partial charge is 0.376 e. The van der Waals surface area contributed by atoms with Gasteiger partial charge in [0.15, 0.2) is 6.20 Å². The first-order chi connectivity index (χ1) is 33.6. The highest BCUT2D eigenvalue weighted by Crippen LogP contribution is 2.46. The molecule has 0 radical (unpaired) electrons. The van der Waals surface area contributed by atoms with Crippen molar-refractivity contribution in [2.45, 2.75) is 13.8 Å². The van der Waals surface area contributed by atoms with E-state index in [-0.39, 0.29) is 13.7 Å². The lowest BCUT2D eigenvalue weighted by Gasteiger charge is -2.42. The second kappa shape index (κ2) is 12.2. The molecule has 0 fully saturated rings. The molecule has 0 saturated carbocycles. The van der Waals surface area contributed by atoms with Crippen LogP contribution < -0.4 is 31.2 Å². The van der Waals surface area contributed by atoms with Crippen molar-refractivity contribution >= 4 is 113 Å². The molecule has 6 aromatic heterocycles. The summed E-state index contributed by atoms with van der Waals surface area (Å²) in [5, 5.41) is 4.96. The Balaban J connectivity index is 1.02. The number of anilines is 2. The van der Waals surface area contributed by atoms with Crippen LogP contribution in [0.15, 0.2) is 183 Å². The molecule has 312 valence electrons. The summed E-state index contributed by atoms with van der Waals surface area (Å²) in [5.41, 5.74) is 27.9. The summed E-state index contributed by atoms with van der Waals surface area (Å²) in [6.45, 7) is 4.33. The normalized spacial score (nSPS) is 13.6. The van der Waals surface area contributed by atoms with Gasteiger partial charge in [-0.25, -0.2) is 0 Å². The van der Waals surface area contributed by atoms with E-state index in [0.717, 1.165) is 22.6 Å². The zero-order chi connectivity index (χ0) is 44.3. The van der Waals surface area contributed by atoms with Crippen molar-refractivity contribution in [1.82, 2.24) is 23.6 Å². The fourth-order valence-electron chi connectivity index (χ4n) is 13.5. The zero-order valence-corrected chi connectivity index (χ0v) is 37.1. The molecule has 4 aliphatic heterocycles. The van der Waals surface area contributed by atoms with E-state index >= 15 is 0 Å². The highest BCUT2D eigenvalue weighted by atomic mass is 15.1. The summed E-state index contributed by atoms with van der Waals surface area (Å²) in [6.07, 6.45) is 8.58.